The average molecular weight is 263 g/mol. The highest BCUT2D eigenvalue weighted by molar-refractivity contribution is 5.72. The maximum atomic E-state index is 11.5. The SMILES string of the molecule is Cc1cccc(COC(=O)Cc2[nH]c(=O)oc2O)c1. The molecule has 0 radical (unpaired) electrons. The topological polar surface area (TPSA) is 92.5 Å². The zero-order valence-corrected chi connectivity index (χ0v) is 10.3. The van der Waals surface area contributed by atoms with Crippen molar-refractivity contribution in [3.8, 4) is 5.95 Å². The number of aromatic amines is 1. The van der Waals surface area contributed by atoms with Gasteiger partial charge in [-0.1, -0.05) is 29.8 Å². The van der Waals surface area contributed by atoms with Gasteiger partial charge in [-0.2, -0.15) is 0 Å². The molecule has 1 heterocycles. The van der Waals surface area contributed by atoms with Crippen molar-refractivity contribution in [1.82, 2.24) is 4.98 Å². The Balaban J connectivity index is 1.92. The van der Waals surface area contributed by atoms with E-state index in [0.717, 1.165) is 11.1 Å². The molecule has 2 N–H and O–H groups in total. The van der Waals surface area contributed by atoms with Crippen LogP contribution in [0.2, 0.25) is 0 Å². The summed E-state index contributed by atoms with van der Waals surface area (Å²) in [5.74, 6) is -1.95. The monoisotopic (exact) mass is 263 g/mol. The van der Waals surface area contributed by atoms with Crippen molar-refractivity contribution in [1.29, 1.82) is 0 Å². The Morgan fingerprint density at radius 1 is 1.47 bits per heavy atom. The van der Waals surface area contributed by atoms with Gasteiger partial charge in [0.1, 0.15) is 12.3 Å². The Labute approximate surface area is 108 Å². The molecule has 0 saturated heterocycles. The number of aromatic nitrogens is 1. The molecule has 0 fully saturated rings. The van der Waals surface area contributed by atoms with Gasteiger partial charge in [0, 0.05) is 0 Å². The fourth-order valence-corrected chi connectivity index (χ4v) is 1.63. The number of carbonyl (C=O) groups excluding carboxylic acids is 1. The molecular formula is C13H13NO5. The van der Waals surface area contributed by atoms with E-state index in [2.05, 4.69) is 9.40 Å². The molecule has 2 rings (SSSR count). The first kappa shape index (κ1) is 12.9. The van der Waals surface area contributed by atoms with E-state index >= 15 is 0 Å². The van der Waals surface area contributed by atoms with Crippen molar-refractivity contribution in [3.63, 3.8) is 0 Å². The molecule has 0 spiro atoms. The summed E-state index contributed by atoms with van der Waals surface area (Å²) >= 11 is 0. The van der Waals surface area contributed by atoms with Crippen LogP contribution in [0.1, 0.15) is 16.8 Å². The summed E-state index contributed by atoms with van der Waals surface area (Å²) in [7, 11) is 0. The molecule has 0 aliphatic heterocycles. The zero-order chi connectivity index (χ0) is 13.8. The second kappa shape index (κ2) is 5.43. The minimum atomic E-state index is -0.806. The lowest BCUT2D eigenvalue weighted by Crippen LogP contribution is -2.09. The molecule has 1 aromatic carbocycles. The van der Waals surface area contributed by atoms with Gasteiger partial charge in [0.05, 0.1) is 6.42 Å². The average Bonchev–Trinajstić information content (AvgIpc) is 2.65. The number of carbonyl (C=O) groups is 1. The lowest BCUT2D eigenvalue weighted by Gasteiger charge is -2.04. The molecule has 0 amide bonds. The molecule has 19 heavy (non-hydrogen) atoms. The van der Waals surface area contributed by atoms with E-state index in [-0.39, 0.29) is 18.7 Å². The van der Waals surface area contributed by atoms with E-state index < -0.39 is 17.7 Å². The lowest BCUT2D eigenvalue weighted by molar-refractivity contribution is -0.144. The van der Waals surface area contributed by atoms with Gasteiger partial charge >= 0.3 is 17.7 Å². The number of nitrogens with one attached hydrogen (secondary N) is 1. The Bertz CT molecular complexity index is 640. The molecule has 2 aromatic rings. The second-order valence-corrected chi connectivity index (χ2v) is 4.12. The summed E-state index contributed by atoms with van der Waals surface area (Å²) < 4.78 is 9.37. The van der Waals surface area contributed by atoms with Gasteiger partial charge in [-0.25, -0.2) is 4.79 Å². The fraction of sp³-hybridized carbons (Fsp3) is 0.231. The van der Waals surface area contributed by atoms with Crippen molar-refractivity contribution in [2.75, 3.05) is 0 Å². The zero-order valence-electron chi connectivity index (χ0n) is 10.3. The highest BCUT2D eigenvalue weighted by Crippen LogP contribution is 2.12. The maximum Gasteiger partial charge on any atom is 0.419 e. The van der Waals surface area contributed by atoms with Crippen molar-refractivity contribution in [3.05, 3.63) is 51.6 Å². The molecule has 100 valence electrons. The van der Waals surface area contributed by atoms with Gasteiger partial charge in [-0.3, -0.25) is 9.78 Å². The van der Waals surface area contributed by atoms with Crippen LogP contribution in [0.3, 0.4) is 0 Å². The smallest absolute Gasteiger partial charge is 0.419 e. The Kier molecular flexibility index (Phi) is 3.70. The number of aryl methyl sites for hydroxylation is 1. The Hall–Kier alpha value is -2.50. The molecule has 1 aromatic heterocycles. The third-order valence-corrected chi connectivity index (χ3v) is 2.50. The van der Waals surface area contributed by atoms with Crippen LogP contribution >= 0.6 is 0 Å². The molecule has 0 aliphatic carbocycles. The third kappa shape index (κ3) is 3.48. The number of ether oxygens (including phenoxy) is 1. The van der Waals surface area contributed by atoms with Gasteiger partial charge in [0.15, 0.2) is 0 Å². The van der Waals surface area contributed by atoms with Gasteiger partial charge in [-0.15, -0.1) is 0 Å². The molecule has 0 unspecified atom stereocenters. The molecule has 0 aliphatic rings. The van der Waals surface area contributed by atoms with E-state index in [0.29, 0.717) is 0 Å². The van der Waals surface area contributed by atoms with Crippen LogP contribution < -0.4 is 5.76 Å². The molecule has 0 saturated carbocycles. The number of hydrogen-bond acceptors (Lipinski definition) is 5. The van der Waals surface area contributed by atoms with E-state index in [1.165, 1.54) is 0 Å². The van der Waals surface area contributed by atoms with Gasteiger partial charge < -0.3 is 14.3 Å². The van der Waals surface area contributed by atoms with Crippen LogP contribution in [0.15, 0.2) is 33.5 Å². The summed E-state index contributed by atoms with van der Waals surface area (Å²) in [6.45, 7) is 2.09. The van der Waals surface area contributed by atoms with Gasteiger partial charge in [0.2, 0.25) is 0 Å². The summed E-state index contributed by atoms with van der Waals surface area (Å²) in [5.41, 5.74) is 1.96. The molecule has 0 atom stereocenters. The molecule has 6 nitrogen and oxygen atoms in total. The molecular weight excluding hydrogens is 250 g/mol. The van der Waals surface area contributed by atoms with Crippen molar-refractivity contribution in [2.45, 2.75) is 20.0 Å². The van der Waals surface area contributed by atoms with Crippen molar-refractivity contribution in [2.24, 2.45) is 0 Å². The second-order valence-electron chi connectivity index (χ2n) is 4.12. The fourth-order valence-electron chi connectivity index (χ4n) is 1.63. The normalized spacial score (nSPS) is 10.4. The first-order valence-corrected chi connectivity index (χ1v) is 5.66. The first-order chi connectivity index (χ1) is 9.04. The van der Waals surface area contributed by atoms with Crippen LogP contribution in [0.5, 0.6) is 5.95 Å². The summed E-state index contributed by atoms with van der Waals surface area (Å²) in [6.07, 6.45) is -0.247. The van der Waals surface area contributed by atoms with Crippen molar-refractivity contribution >= 4 is 5.97 Å². The predicted octanol–water partition coefficient (Wildman–Crippen LogP) is 1.27. The third-order valence-electron chi connectivity index (χ3n) is 2.50. The highest BCUT2D eigenvalue weighted by atomic mass is 16.5. The predicted molar refractivity (Wildman–Crippen MR) is 65.7 cm³/mol. The van der Waals surface area contributed by atoms with Gasteiger partial charge in [0.25, 0.3) is 0 Å². The minimum Gasteiger partial charge on any atom is -0.479 e. The summed E-state index contributed by atoms with van der Waals surface area (Å²) in [5, 5.41) is 9.20. The maximum absolute atomic E-state index is 11.5. The van der Waals surface area contributed by atoms with E-state index in [1.54, 1.807) is 0 Å². The number of benzene rings is 1. The first-order valence-electron chi connectivity index (χ1n) is 5.66. The van der Waals surface area contributed by atoms with E-state index in [4.69, 9.17) is 4.74 Å². The number of esters is 1. The minimum absolute atomic E-state index is 0.0132. The van der Waals surface area contributed by atoms with E-state index in [1.807, 2.05) is 31.2 Å². The van der Waals surface area contributed by atoms with Crippen LogP contribution in [0.4, 0.5) is 0 Å². The largest absolute Gasteiger partial charge is 0.479 e. The van der Waals surface area contributed by atoms with Crippen LogP contribution in [-0.4, -0.2) is 16.1 Å². The Morgan fingerprint density at radius 2 is 2.26 bits per heavy atom. The van der Waals surface area contributed by atoms with Gasteiger partial charge in [-0.05, 0) is 12.5 Å². The van der Waals surface area contributed by atoms with E-state index in [9.17, 15) is 14.7 Å². The summed E-state index contributed by atoms with van der Waals surface area (Å²) in [4.78, 5) is 24.5. The number of rotatable bonds is 4. The molecule has 6 heteroatoms. The van der Waals surface area contributed by atoms with Crippen LogP contribution in [0.25, 0.3) is 0 Å². The number of hydrogen-bond donors (Lipinski definition) is 2. The van der Waals surface area contributed by atoms with Crippen molar-refractivity contribution < 1.29 is 19.1 Å². The number of H-pyrrole nitrogens is 1. The summed E-state index contributed by atoms with van der Waals surface area (Å²) in [6, 6.07) is 7.57. The standard InChI is InChI=1S/C13H13NO5/c1-8-3-2-4-9(5-8)7-18-11(15)6-10-12(16)19-13(17)14-10/h2-5,16H,6-7H2,1H3,(H,14,17). The Morgan fingerprint density at radius 3 is 2.89 bits per heavy atom. The quantitative estimate of drug-likeness (QED) is 0.810. The number of oxazole rings is 1. The van der Waals surface area contributed by atoms with Crippen LogP contribution in [0, 0.1) is 6.92 Å². The number of aromatic hydroxyl groups is 1. The highest BCUT2D eigenvalue weighted by Gasteiger charge is 2.14. The lowest BCUT2D eigenvalue weighted by atomic mass is 10.1. The molecule has 0 bridgehead atoms. The van der Waals surface area contributed by atoms with Crippen LogP contribution in [-0.2, 0) is 22.6 Å².